The third kappa shape index (κ3) is 4.94. The van der Waals surface area contributed by atoms with Crippen LogP contribution in [-0.4, -0.2) is 57.4 Å². The summed E-state index contributed by atoms with van der Waals surface area (Å²) in [4.78, 5) is -0.725. The van der Waals surface area contributed by atoms with Crippen molar-refractivity contribution in [3.05, 3.63) is 56.5 Å². The Kier molecular flexibility index (Phi) is 7.23. The third-order valence-electron chi connectivity index (χ3n) is 6.19. The first-order valence-electron chi connectivity index (χ1n) is 10.5. The van der Waals surface area contributed by atoms with Gasteiger partial charge in [0.05, 0.1) is 22.0 Å². The first-order valence-corrected chi connectivity index (χ1v) is 14.9. The fourth-order valence-corrected chi connectivity index (χ4v) is 8.91. The van der Waals surface area contributed by atoms with E-state index in [1.807, 2.05) is 0 Å². The zero-order chi connectivity index (χ0) is 25.8. The number of hydrogen-bond acceptors (Lipinski definition) is 5. The molecule has 0 atom stereocenters. The predicted molar refractivity (Wildman–Crippen MR) is 129 cm³/mol. The van der Waals surface area contributed by atoms with Crippen LogP contribution in [0.15, 0.2) is 55.1 Å². The van der Waals surface area contributed by atoms with Crippen LogP contribution in [0.1, 0.15) is 24.0 Å². The molecule has 0 unspecified atom stereocenters. The topological polar surface area (TPSA) is 84.0 Å². The zero-order valence-corrected chi connectivity index (χ0v) is 23.2. The van der Waals surface area contributed by atoms with Gasteiger partial charge in [-0.1, -0.05) is 31.9 Å². The number of aryl methyl sites for hydroxylation is 1. The molecule has 2 aromatic carbocycles. The number of rotatable bonds is 4. The van der Waals surface area contributed by atoms with Gasteiger partial charge in [0, 0.05) is 41.4 Å². The van der Waals surface area contributed by atoms with Gasteiger partial charge in [0.2, 0.25) is 20.0 Å². The van der Waals surface area contributed by atoms with Crippen LogP contribution >= 0.6 is 31.9 Å². The second-order valence-electron chi connectivity index (χ2n) is 8.32. The van der Waals surface area contributed by atoms with Gasteiger partial charge in [0.1, 0.15) is 5.72 Å². The summed E-state index contributed by atoms with van der Waals surface area (Å²) in [5.41, 5.74) is -2.15. The number of halogens is 5. The molecular weight excluding hydrogens is 641 g/mol. The van der Waals surface area contributed by atoms with E-state index < -0.39 is 42.4 Å². The van der Waals surface area contributed by atoms with Gasteiger partial charge in [-0.15, -0.1) is 0 Å². The second-order valence-corrected chi connectivity index (χ2v) is 13.9. The molecule has 1 spiro atoms. The van der Waals surface area contributed by atoms with Crippen molar-refractivity contribution >= 4 is 51.9 Å². The smallest absolute Gasteiger partial charge is 0.358 e. The Hall–Kier alpha value is -1.03. The van der Waals surface area contributed by atoms with Crippen molar-refractivity contribution in [3.8, 4) is 0 Å². The summed E-state index contributed by atoms with van der Waals surface area (Å²) in [5.74, 6) is 0. The molecule has 0 bridgehead atoms. The van der Waals surface area contributed by atoms with E-state index in [2.05, 4.69) is 31.9 Å². The number of alkyl halides is 3. The van der Waals surface area contributed by atoms with Crippen molar-refractivity contribution in [2.75, 3.05) is 26.2 Å². The molecule has 0 amide bonds. The number of sulfonamides is 2. The molecule has 2 aromatic rings. The van der Waals surface area contributed by atoms with E-state index in [1.165, 1.54) is 16.4 Å². The van der Waals surface area contributed by atoms with Crippen LogP contribution in [0.25, 0.3) is 0 Å². The van der Waals surface area contributed by atoms with Crippen molar-refractivity contribution in [1.82, 2.24) is 8.61 Å². The first kappa shape index (κ1) is 27.0. The summed E-state index contributed by atoms with van der Waals surface area (Å²) in [6.45, 7) is 1.45. The molecular formula is C21H21Br2F3N2O5S2. The van der Waals surface area contributed by atoms with E-state index >= 15 is 0 Å². The molecule has 2 heterocycles. The summed E-state index contributed by atoms with van der Waals surface area (Å²) in [7, 11) is -8.46. The maximum atomic E-state index is 13.7. The highest BCUT2D eigenvalue weighted by Crippen LogP contribution is 2.43. The van der Waals surface area contributed by atoms with E-state index in [0.717, 1.165) is 20.9 Å². The number of hydrogen-bond donors (Lipinski definition) is 0. The predicted octanol–water partition coefficient (Wildman–Crippen LogP) is 4.74. The zero-order valence-electron chi connectivity index (χ0n) is 18.3. The minimum atomic E-state index is -4.89. The van der Waals surface area contributed by atoms with E-state index in [9.17, 15) is 30.0 Å². The fraction of sp³-hybridized carbons (Fsp3) is 0.429. The Morgan fingerprint density at radius 1 is 0.886 bits per heavy atom. The molecule has 0 radical (unpaired) electrons. The highest BCUT2D eigenvalue weighted by atomic mass is 79.9. The molecule has 14 heteroatoms. The Bertz CT molecular complexity index is 1360. The van der Waals surface area contributed by atoms with Crippen molar-refractivity contribution in [3.63, 3.8) is 0 Å². The largest absolute Gasteiger partial charge is 0.417 e. The molecule has 2 fully saturated rings. The van der Waals surface area contributed by atoms with Crippen LogP contribution in [0.3, 0.4) is 0 Å². The first-order chi connectivity index (χ1) is 16.2. The van der Waals surface area contributed by atoms with Gasteiger partial charge in [-0.2, -0.15) is 21.8 Å². The molecule has 0 saturated carbocycles. The maximum Gasteiger partial charge on any atom is 0.417 e. The minimum absolute atomic E-state index is 0.00429. The monoisotopic (exact) mass is 660 g/mol. The van der Waals surface area contributed by atoms with Crippen molar-refractivity contribution < 1.29 is 34.7 Å². The fourth-order valence-electron chi connectivity index (χ4n) is 4.51. The minimum Gasteiger partial charge on any atom is -0.358 e. The summed E-state index contributed by atoms with van der Waals surface area (Å²) in [6, 6.07) is 7.69. The van der Waals surface area contributed by atoms with E-state index in [0.29, 0.717) is 5.56 Å². The van der Waals surface area contributed by atoms with Crippen molar-refractivity contribution in [1.29, 1.82) is 0 Å². The molecule has 0 N–H and O–H groups in total. The van der Waals surface area contributed by atoms with Crippen LogP contribution in [0.4, 0.5) is 13.2 Å². The van der Waals surface area contributed by atoms with Crippen LogP contribution in [0.5, 0.6) is 0 Å². The summed E-state index contributed by atoms with van der Waals surface area (Å²) >= 11 is 6.27. The highest BCUT2D eigenvalue weighted by Gasteiger charge is 2.53. The number of benzene rings is 2. The van der Waals surface area contributed by atoms with E-state index in [1.54, 1.807) is 19.1 Å². The lowest BCUT2D eigenvalue weighted by molar-refractivity contribution is -0.140. The molecule has 35 heavy (non-hydrogen) atoms. The van der Waals surface area contributed by atoms with Gasteiger partial charge in [0.25, 0.3) is 0 Å². The van der Waals surface area contributed by atoms with Gasteiger partial charge in [-0.25, -0.2) is 16.8 Å². The Morgan fingerprint density at radius 3 is 2.03 bits per heavy atom. The lowest BCUT2D eigenvalue weighted by Crippen LogP contribution is -2.55. The molecule has 192 valence electrons. The number of ether oxygens (including phenoxy) is 1. The molecule has 2 aliphatic heterocycles. The van der Waals surface area contributed by atoms with Gasteiger partial charge in [0.15, 0.2) is 0 Å². The average molecular weight is 662 g/mol. The lowest BCUT2D eigenvalue weighted by Gasteiger charge is -2.42. The van der Waals surface area contributed by atoms with Crippen molar-refractivity contribution in [2.24, 2.45) is 0 Å². The van der Waals surface area contributed by atoms with E-state index in [4.69, 9.17) is 4.74 Å². The molecule has 2 aliphatic rings. The normalized spacial score (nSPS) is 19.9. The summed E-state index contributed by atoms with van der Waals surface area (Å²) < 4.78 is 103. The molecule has 0 aliphatic carbocycles. The Balaban J connectivity index is 1.63. The van der Waals surface area contributed by atoms with Crippen LogP contribution < -0.4 is 0 Å². The third-order valence-corrected chi connectivity index (χ3v) is 11.2. The van der Waals surface area contributed by atoms with Gasteiger partial charge >= 0.3 is 6.18 Å². The summed E-state index contributed by atoms with van der Waals surface area (Å²) in [5, 5.41) is 0. The molecule has 4 rings (SSSR count). The van der Waals surface area contributed by atoms with Gasteiger partial charge in [-0.05, 0) is 48.9 Å². The maximum absolute atomic E-state index is 13.7. The molecule has 7 nitrogen and oxygen atoms in total. The second kappa shape index (κ2) is 9.37. The highest BCUT2D eigenvalue weighted by molar-refractivity contribution is 9.10. The molecule has 0 aromatic heterocycles. The van der Waals surface area contributed by atoms with Crippen LogP contribution in [0, 0.1) is 6.92 Å². The van der Waals surface area contributed by atoms with Gasteiger partial charge < -0.3 is 4.74 Å². The standard InChI is InChI=1S/C21H21Br2F3N2O5S2/c1-14-12-15(22)2-4-18(14)34(29,30)27-8-6-20(7-9-27)28(10-11-33-20)35(31,32)19-5-3-16(23)13-17(19)21(24,25)26/h2-5,12-13H,6-11H2,1H3. The Morgan fingerprint density at radius 2 is 1.46 bits per heavy atom. The number of piperidine rings is 1. The van der Waals surface area contributed by atoms with Gasteiger partial charge in [-0.3, -0.25) is 0 Å². The molecule has 2 saturated heterocycles. The lowest BCUT2D eigenvalue weighted by atomic mass is 10.0. The van der Waals surface area contributed by atoms with E-state index in [-0.39, 0.29) is 48.5 Å². The SMILES string of the molecule is Cc1cc(Br)ccc1S(=O)(=O)N1CCC2(CC1)OCCN2S(=O)(=O)c1ccc(Br)cc1C(F)(F)F. The van der Waals surface area contributed by atoms with Crippen LogP contribution in [0.2, 0.25) is 0 Å². The van der Waals surface area contributed by atoms with Crippen LogP contribution in [-0.2, 0) is 31.0 Å². The van der Waals surface area contributed by atoms with Crippen molar-refractivity contribution in [2.45, 2.75) is 41.5 Å². The Labute approximate surface area is 218 Å². The quantitative estimate of drug-likeness (QED) is 0.473. The summed E-state index contributed by atoms with van der Waals surface area (Å²) in [6.07, 6.45) is -4.92. The number of nitrogens with zero attached hydrogens (tertiary/aromatic N) is 2. The average Bonchev–Trinajstić information content (AvgIpc) is 3.16.